The summed E-state index contributed by atoms with van der Waals surface area (Å²) in [7, 11) is 0. The van der Waals surface area contributed by atoms with Crippen LogP contribution in [0.2, 0.25) is 0 Å². The number of pyridine rings is 1. The van der Waals surface area contributed by atoms with Crippen LogP contribution in [-0.2, 0) is 6.54 Å². The Kier molecular flexibility index (Phi) is 4.59. The smallest absolute Gasteiger partial charge is 0.250 e. The summed E-state index contributed by atoms with van der Waals surface area (Å²) < 4.78 is 1.77. The number of nitrogens with zero attached hydrogens (tertiary/aromatic N) is 1. The molecule has 3 nitrogen and oxygen atoms in total. The summed E-state index contributed by atoms with van der Waals surface area (Å²) in [5, 5.41) is 3.61. The van der Waals surface area contributed by atoms with E-state index < -0.39 is 0 Å². The Morgan fingerprint density at radius 3 is 2.89 bits per heavy atom. The molecular formula is C15H24N2O. The number of hydrogen-bond donors (Lipinski definition) is 1. The van der Waals surface area contributed by atoms with E-state index in [9.17, 15) is 4.79 Å². The first-order chi connectivity index (χ1) is 8.72. The molecule has 0 aromatic carbocycles. The van der Waals surface area contributed by atoms with Gasteiger partial charge in [-0.25, -0.2) is 0 Å². The Labute approximate surface area is 109 Å². The quantitative estimate of drug-likeness (QED) is 0.867. The minimum absolute atomic E-state index is 0.0882. The first kappa shape index (κ1) is 13.3. The van der Waals surface area contributed by atoms with Crippen molar-refractivity contribution in [3.8, 4) is 0 Å². The minimum atomic E-state index is 0.0882. The molecule has 3 unspecified atom stereocenters. The second-order valence-electron chi connectivity index (χ2n) is 5.40. The second kappa shape index (κ2) is 6.19. The van der Waals surface area contributed by atoms with Crippen molar-refractivity contribution in [3.05, 3.63) is 34.7 Å². The molecule has 100 valence electrons. The molecule has 1 aromatic heterocycles. The zero-order valence-corrected chi connectivity index (χ0v) is 11.4. The number of hydrogen-bond acceptors (Lipinski definition) is 2. The van der Waals surface area contributed by atoms with E-state index in [0.29, 0.717) is 6.04 Å². The average Bonchev–Trinajstić information content (AvgIpc) is 2.73. The van der Waals surface area contributed by atoms with Crippen LogP contribution < -0.4 is 10.9 Å². The Hall–Kier alpha value is -1.09. The van der Waals surface area contributed by atoms with Crippen LogP contribution in [-0.4, -0.2) is 17.2 Å². The number of nitrogens with one attached hydrogen (secondary N) is 1. The van der Waals surface area contributed by atoms with E-state index in [1.165, 1.54) is 19.3 Å². The number of aromatic nitrogens is 1. The predicted molar refractivity (Wildman–Crippen MR) is 74.7 cm³/mol. The van der Waals surface area contributed by atoms with Gasteiger partial charge < -0.3 is 9.88 Å². The van der Waals surface area contributed by atoms with Crippen LogP contribution in [0, 0.1) is 11.8 Å². The van der Waals surface area contributed by atoms with Gasteiger partial charge >= 0.3 is 0 Å². The molecule has 0 amide bonds. The maximum Gasteiger partial charge on any atom is 0.250 e. The van der Waals surface area contributed by atoms with Crippen LogP contribution in [0.3, 0.4) is 0 Å². The maximum atomic E-state index is 11.5. The normalized spacial score (nSPS) is 27.6. The van der Waals surface area contributed by atoms with Gasteiger partial charge in [0.25, 0.3) is 5.56 Å². The number of rotatable bonds is 5. The van der Waals surface area contributed by atoms with Gasteiger partial charge in [0.05, 0.1) is 0 Å². The summed E-state index contributed by atoms with van der Waals surface area (Å²) in [6, 6.07) is 5.95. The molecule has 3 atom stereocenters. The summed E-state index contributed by atoms with van der Waals surface area (Å²) in [6.07, 6.45) is 5.78. The van der Waals surface area contributed by atoms with E-state index in [1.54, 1.807) is 16.7 Å². The van der Waals surface area contributed by atoms with E-state index in [1.807, 2.05) is 12.3 Å². The summed E-state index contributed by atoms with van der Waals surface area (Å²) in [5.74, 6) is 1.64. The van der Waals surface area contributed by atoms with Crippen LogP contribution >= 0.6 is 0 Å². The monoisotopic (exact) mass is 248 g/mol. The predicted octanol–water partition coefficient (Wildman–Crippen LogP) is 2.26. The third kappa shape index (κ3) is 3.02. The third-order valence-electron chi connectivity index (χ3n) is 4.41. The van der Waals surface area contributed by atoms with Gasteiger partial charge in [0.15, 0.2) is 0 Å². The molecule has 1 aliphatic rings. The van der Waals surface area contributed by atoms with Crippen molar-refractivity contribution in [3.63, 3.8) is 0 Å². The maximum absolute atomic E-state index is 11.5. The summed E-state index contributed by atoms with van der Waals surface area (Å²) >= 11 is 0. The van der Waals surface area contributed by atoms with Crippen molar-refractivity contribution in [1.29, 1.82) is 0 Å². The van der Waals surface area contributed by atoms with Gasteiger partial charge in [-0.3, -0.25) is 4.79 Å². The van der Waals surface area contributed by atoms with Crippen molar-refractivity contribution in [2.45, 2.75) is 45.7 Å². The fourth-order valence-corrected chi connectivity index (χ4v) is 3.13. The Balaban J connectivity index is 1.80. The van der Waals surface area contributed by atoms with Crippen LogP contribution in [0.1, 0.15) is 33.1 Å². The lowest BCUT2D eigenvalue weighted by Crippen LogP contribution is -2.36. The molecule has 0 radical (unpaired) electrons. The van der Waals surface area contributed by atoms with E-state index >= 15 is 0 Å². The van der Waals surface area contributed by atoms with Crippen molar-refractivity contribution in [1.82, 2.24) is 9.88 Å². The SMILES string of the molecule is CCC1CCC(NCCn2ccccc2=O)C1C. The zero-order chi connectivity index (χ0) is 13.0. The van der Waals surface area contributed by atoms with Gasteiger partial charge in [0, 0.05) is 31.4 Å². The first-order valence-corrected chi connectivity index (χ1v) is 7.11. The zero-order valence-electron chi connectivity index (χ0n) is 11.4. The molecule has 0 bridgehead atoms. The highest BCUT2D eigenvalue weighted by Crippen LogP contribution is 2.33. The highest BCUT2D eigenvalue weighted by molar-refractivity contribution is 4.93. The molecule has 0 aliphatic heterocycles. The second-order valence-corrected chi connectivity index (χ2v) is 5.40. The lowest BCUT2D eigenvalue weighted by atomic mass is 9.93. The van der Waals surface area contributed by atoms with Gasteiger partial charge in [-0.15, -0.1) is 0 Å². The van der Waals surface area contributed by atoms with Crippen molar-refractivity contribution in [2.75, 3.05) is 6.54 Å². The van der Waals surface area contributed by atoms with E-state index in [2.05, 4.69) is 19.2 Å². The van der Waals surface area contributed by atoms with E-state index in [-0.39, 0.29) is 5.56 Å². The Morgan fingerprint density at radius 2 is 2.22 bits per heavy atom. The fraction of sp³-hybridized carbons (Fsp3) is 0.667. The van der Waals surface area contributed by atoms with Crippen LogP contribution in [0.15, 0.2) is 29.2 Å². The molecule has 1 heterocycles. The highest BCUT2D eigenvalue weighted by Gasteiger charge is 2.30. The van der Waals surface area contributed by atoms with E-state index in [0.717, 1.165) is 24.9 Å². The largest absolute Gasteiger partial charge is 0.314 e. The Morgan fingerprint density at radius 1 is 1.39 bits per heavy atom. The molecule has 2 rings (SSSR count). The molecule has 0 spiro atoms. The van der Waals surface area contributed by atoms with Gasteiger partial charge in [0.2, 0.25) is 0 Å². The fourth-order valence-electron chi connectivity index (χ4n) is 3.13. The van der Waals surface area contributed by atoms with Crippen LogP contribution in [0.5, 0.6) is 0 Å². The Bertz CT molecular complexity index is 427. The summed E-state index contributed by atoms with van der Waals surface area (Å²) in [5.41, 5.74) is 0.0882. The van der Waals surface area contributed by atoms with Crippen molar-refractivity contribution in [2.24, 2.45) is 11.8 Å². The van der Waals surface area contributed by atoms with Gasteiger partial charge in [-0.2, -0.15) is 0 Å². The minimum Gasteiger partial charge on any atom is -0.314 e. The standard InChI is InChI=1S/C15H24N2O/c1-3-13-7-8-14(12(13)2)16-9-11-17-10-5-4-6-15(17)18/h4-6,10,12-14,16H,3,7-9,11H2,1-2H3. The lowest BCUT2D eigenvalue weighted by Gasteiger charge is -2.21. The third-order valence-corrected chi connectivity index (χ3v) is 4.41. The topological polar surface area (TPSA) is 34.0 Å². The highest BCUT2D eigenvalue weighted by atomic mass is 16.1. The van der Waals surface area contributed by atoms with Gasteiger partial charge in [-0.1, -0.05) is 26.3 Å². The van der Waals surface area contributed by atoms with E-state index in [4.69, 9.17) is 0 Å². The molecule has 18 heavy (non-hydrogen) atoms. The summed E-state index contributed by atoms with van der Waals surface area (Å²) in [6.45, 7) is 6.29. The van der Waals surface area contributed by atoms with Gasteiger partial charge in [-0.05, 0) is 30.7 Å². The molecule has 0 saturated heterocycles. The first-order valence-electron chi connectivity index (χ1n) is 7.11. The molecule has 1 aliphatic carbocycles. The molecule has 3 heteroatoms. The van der Waals surface area contributed by atoms with Crippen molar-refractivity contribution < 1.29 is 0 Å². The molecular weight excluding hydrogens is 224 g/mol. The average molecular weight is 248 g/mol. The van der Waals surface area contributed by atoms with Crippen molar-refractivity contribution >= 4 is 0 Å². The molecule has 1 N–H and O–H groups in total. The summed E-state index contributed by atoms with van der Waals surface area (Å²) in [4.78, 5) is 11.5. The molecule has 1 aromatic rings. The lowest BCUT2D eigenvalue weighted by molar-refractivity contribution is 0.342. The van der Waals surface area contributed by atoms with Crippen LogP contribution in [0.4, 0.5) is 0 Å². The molecule has 1 fully saturated rings. The van der Waals surface area contributed by atoms with Gasteiger partial charge in [0.1, 0.15) is 0 Å². The van der Waals surface area contributed by atoms with Crippen LogP contribution in [0.25, 0.3) is 0 Å². The molecule has 1 saturated carbocycles.